The molecule has 1 heterocycles. The Hall–Kier alpha value is -0.460. The number of hydrogen-bond donors (Lipinski definition) is 1. The second kappa shape index (κ2) is 5.93. The molecular formula is C13H14INOS. The Bertz CT molecular complexity index is 480. The van der Waals surface area contributed by atoms with Crippen molar-refractivity contribution >= 4 is 33.9 Å². The van der Waals surface area contributed by atoms with E-state index >= 15 is 0 Å². The van der Waals surface area contributed by atoms with Crippen molar-refractivity contribution in [2.45, 2.75) is 25.9 Å². The van der Waals surface area contributed by atoms with E-state index in [2.05, 4.69) is 51.8 Å². The van der Waals surface area contributed by atoms with Gasteiger partial charge in [-0.15, -0.1) is 11.3 Å². The highest BCUT2D eigenvalue weighted by Crippen LogP contribution is 2.14. The monoisotopic (exact) mass is 359 g/mol. The quantitative estimate of drug-likeness (QED) is 0.851. The van der Waals surface area contributed by atoms with Crippen molar-refractivity contribution < 1.29 is 5.11 Å². The first-order chi connectivity index (χ1) is 8.13. The molecule has 0 spiro atoms. The summed E-state index contributed by atoms with van der Waals surface area (Å²) in [6.07, 6.45) is 0.987. The molecule has 0 saturated heterocycles. The fourth-order valence-electron chi connectivity index (χ4n) is 1.66. The van der Waals surface area contributed by atoms with Crippen molar-refractivity contribution in [3.05, 3.63) is 49.5 Å². The van der Waals surface area contributed by atoms with Crippen molar-refractivity contribution in [2.24, 2.45) is 0 Å². The molecule has 1 aromatic carbocycles. The van der Waals surface area contributed by atoms with Gasteiger partial charge in [0, 0.05) is 21.1 Å². The number of nitrogens with zero attached hydrogens (tertiary/aromatic N) is 1. The predicted molar refractivity (Wildman–Crippen MR) is 79.4 cm³/mol. The van der Waals surface area contributed by atoms with Crippen LogP contribution in [0.5, 0.6) is 0 Å². The van der Waals surface area contributed by atoms with Crippen molar-refractivity contribution in [3.63, 3.8) is 0 Å². The molecule has 0 radical (unpaired) electrons. The number of rotatable bonds is 4. The van der Waals surface area contributed by atoms with Crippen LogP contribution in [-0.4, -0.2) is 16.2 Å². The van der Waals surface area contributed by atoms with Crippen LogP contribution in [0.3, 0.4) is 0 Å². The molecule has 0 amide bonds. The Labute approximate surface area is 119 Å². The van der Waals surface area contributed by atoms with Crippen LogP contribution in [0.2, 0.25) is 0 Å². The summed E-state index contributed by atoms with van der Waals surface area (Å²) < 4.78 is 1.22. The van der Waals surface area contributed by atoms with Crippen LogP contribution < -0.4 is 0 Å². The molecule has 4 heteroatoms. The van der Waals surface area contributed by atoms with E-state index in [0.717, 1.165) is 10.7 Å². The van der Waals surface area contributed by atoms with Gasteiger partial charge in [0.05, 0.1) is 11.1 Å². The summed E-state index contributed by atoms with van der Waals surface area (Å²) in [6.45, 7) is 1.98. The maximum absolute atomic E-state index is 10.00. The van der Waals surface area contributed by atoms with Crippen LogP contribution in [-0.2, 0) is 12.8 Å². The average molecular weight is 359 g/mol. The average Bonchev–Trinajstić information content (AvgIpc) is 2.67. The highest BCUT2D eigenvalue weighted by molar-refractivity contribution is 14.1. The van der Waals surface area contributed by atoms with E-state index in [1.54, 1.807) is 11.3 Å². The van der Waals surface area contributed by atoms with Gasteiger partial charge < -0.3 is 5.11 Å². The minimum Gasteiger partial charge on any atom is -0.392 e. The number of hydrogen-bond acceptors (Lipinski definition) is 3. The lowest BCUT2D eigenvalue weighted by atomic mass is 10.1. The topological polar surface area (TPSA) is 33.1 Å². The standard InChI is InChI=1S/C13H14INOS/c1-9-8-17-13(15-9)7-12(16)6-10-2-4-11(14)5-3-10/h2-5,8,12,16H,6-7H2,1H3. The zero-order valence-electron chi connectivity index (χ0n) is 9.56. The second-order valence-electron chi connectivity index (χ2n) is 4.07. The summed E-state index contributed by atoms with van der Waals surface area (Å²) in [4.78, 5) is 4.36. The van der Waals surface area contributed by atoms with Crippen LogP contribution in [0.1, 0.15) is 16.3 Å². The van der Waals surface area contributed by atoms with Crippen molar-refractivity contribution in [1.82, 2.24) is 4.98 Å². The molecule has 17 heavy (non-hydrogen) atoms. The summed E-state index contributed by atoms with van der Waals surface area (Å²) in [5, 5.41) is 13.0. The Balaban J connectivity index is 1.93. The molecule has 1 atom stereocenters. The van der Waals surface area contributed by atoms with E-state index < -0.39 is 0 Å². The van der Waals surface area contributed by atoms with Crippen LogP contribution in [0.25, 0.3) is 0 Å². The zero-order valence-corrected chi connectivity index (χ0v) is 12.5. The van der Waals surface area contributed by atoms with Gasteiger partial charge in [-0.3, -0.25) is 0 Å². The molecule has 0 saturated carbocycles. The molecule has 0 aliphatic heterocycles. The minimum absolute atomic E-state index is 0.347. The number of aryl methyl sites for hydroxylation is 1. The summed E-state index contributed by atoms with van der Waals surface area (Å²) in [5.74, 6) is 0. The van der Waals surface area contributed by atoms with Crippen molar-refractivity contribution in [3.8, 4) is 0 Å². The smallest absolute Gasteiger partial charge is 0.0954 e. The number of benzene rings is 1. The lowest BCUT2D eigenvalue weighted by Gasteiger charge is -2.08. The van der Waals surface area contributed by atoms with Gasteiger partial charge in [0.1, 0.15) is 0 Å². The van der Waals surface area contributed by atoms with Crippen molar-refractivity contribution in [1.29, 1.82) is 0 Å². The molecule has 2 aromatic rings. The van der Waals surface area contributed by atoms with Gasteiger partial charge in [-0.25, -0.2) is 4.98 Å². The van der Waals surface area contributed by atoms with Gasteiger partial charge in [0.25, 0.3) is 0 Å². The summed E-state index contributed by atoms with van der Waals surface area (Å²) in [7, 11) is 0. The molecule has 0 bridgehead atoms. The molecule has 1 N–H and O–H groups in total. The van der Waals surface area contributed by atoms with Gasteiger partial charge >= 0.3 is 0 Å². The lowest BCUT2D eigenvalue weighted by Crippen LogP contribution is -2.13. The molecule has 0 fully saturated rings. The first kappa shape index (κ1) is 13.0. The third-order valence-corrected chi connectivity index (χ3v) is 4.17. The van der Waals surface area contributed by atoms with E-state index in [1.807, 2.05) is 12.3 Å². The summed E-state index contributed by atoms with van der Waals surface area (Å²) >= 11 is 3.90. The van der Waals surface area contributed by atoms with Gasteiger partial charge in [0.2, 0.25) is 0 Å². The summed E-state index contributed by atoms with van der Waals surface area (Å²) in [6, 6.07) is 8.27. The molecule has 2 nitrogen and oxygen atoms in total. The molecular weight excluding hydrogens is 345 g/mol. The predicted octanol–water partition coefficient (Wildman–Crippen LogP) is 3.20. The molecule has 1 aromatic heterocycles. The Morgan fingerprint density at radius 3 is 2.59 bits per heavy atom. The van der Waals surface area contributed by atoms with Crippen LogP contribution in [0.15, 0.2) is 29.6 Å². The van der Waals surface area contributed by atoms with E-state index in [-0.39, 0.29) is 6.10 Å². The third kappa shape index (κ3) is 4.04. The fraction of sp³-hybridized carbons (Fsp3) is 0.308. The molecule has 2 rings (SSSR count). The molecule has 1 unspecified atom stereocenters. The van der Waals surface area contributed by atoms with Gasteiger partial charge in [-0.2, -0.15) is 0 Å². The van der Waals surface area contributed by atoms with E-state index in [1.165, 1.54) is 9.13 Å². The van der Waals surface area contributed by atoms with Crippen LogP contribution >= 0.6 is 33.9 Å². The highest BCUT2D eigenvalue weighted by Gasteiger charge is 2.09. The highest BCUT2D eigenvalue weighted by atomic mass is 127. The third-order valence-electron chi connectivity index (χ3n) is 2.46. The Kier molecular flexibility index (Phi) is 4.53. The molecule has 0 aliphatic rings. The molecule has 0 aliphatic carbocycles. The van der Waals surface area contributed by atoms with Gasteiger partial charge in [-0.1, -0.05) is 12.1 Å². The Morgan fingerprint density at radius 2 is 2.00 bits per heavy atom. The zero-order chi connectivity index (χ0) is 12.3. The van der Waals surface area contributed by atoms with Crippen LogP contribution in [0.4, 0.5) is 0 Å². The first-order valence-corrected chi connectivity index (χ1v) is 7.43. The van der Waals surface area contributed by atoms with E-state index in [9.17, 15) is 5.11 Å². The minimum atomic E-state index is -0.347. The van der Waals surface area contributed by atoms with Gasteiger partial charge in [-0.05, 0) is 53.6 Å². The van der Waals surface area contributed by atoms with Gasteiger partial charge in [0.15, 0.2) is 0 Å². The normalized spacial score (nSPS) is 12.6. The number of aliphatic hydroxyl groups is 1. The van der Waals surface area contributed by atoms with E-state index in [0.29, 0.717) is 12.8 Å². The largest absolute Gasteiger partial charge is 0.392 e. The van der Waals surface area contributed by atoms with Crippen molar-refractivity contribution in [2.75, 3.05) is 0 Å². The number of halogens is 1. The number of aliphatic hydroxyl groups excluding tert-OH is 1. The van der Waals surface area contributed by atoms with Crippen LogP contribution in [0, 0.1) is 10.5 Å². The lowest BCUT2D eigenvalue weighted by molar-refractivity contribution is 0.175. The van der Waals surface area contributed by atoms with E-state index in [4.69, 9.17) is 0 Å². The SMILES string of the molecule is Cc1csc(CC(O)Cc2ccc(I)cc2)n1. The summed E-state index contributed by atoms with van der Waals surface area (Å²) in [5.41, 5.74) is 2.21. The fourth-order valence-corrected chi connectivity index (χ4v) is 2.87. The number of thiazole rings is 1. The second-order valence-corrected chi connectivity index (χ2v) is 6.26. The molecule has 90 valence electrons. The first-order valence-electron chi connectivity index (χ1n) is 5.47. The maximum atomic E-state index is 10.00. The Morgan fingerprint density at radius 1 is 1.29 bits per heavy atom. The number of aromatic nitrogens is 1. The maximum Gasteiger partial charge on any atom is 0.0954 e.